The van der Waals surface area contributed by atoms with E-state index in [0.717, 1.165) is 18.2 Å². The summed E-state index contributed by atoms with van der Waals surface area (Å²) in [5.74, 6) is -1.75. The summed E-state index contributed by atoms with van der Waals surface area (Å²) in [6.07, 6.45) is -4.97. The van der Waals surface area contributed by atoms with E-state index in [2.05, 4.69) is 4.98 Å². The summed E-state index contributed by atoms with van der Waals surface area (Å²) in [7, 11) is 1.31. The summed E-state index contributed by atoms with van der Waals surface area (Å²) in [5.41, 5.74) is -5.59. The minimum Gasteiger partial charge on any atom is -0.496 e. The summed E-state index contributed by atoms with van der Waals surface area (Å²) in [5, 5.41) is 11.4. The van der Waals surface area contributed by atoms with E-state index in [0.29, 0.717) is 10.9 Å². The SMILES string of the molecule is COc1ccc(F)cc1C(C)(C)CC(O)(c1c(F)ccc2c(C)ccnc12)C(F)(F)F. The van der Waals surface area contributed by atoms with Crippen molar-refractivity contribution < 1.29 is 31.8 Å². The number of aryl methyl sites for hydroxylation is 1. The lowest BCUT2D eigenvalue weighted by atomic mass is 9.71. The van der Waals surface area contributed by atoms with Crippen LogP contribution < -0.4 is 4.74 Å². The molecule has 1 aromatic heterocycles. The Bertz CT molecular complexity index is 1130. The Morgan fingerprint density at radius 3 is 2.32 bits per heavy atom. The third-order valence-electron chi connectivity index (χ3n) is 5.55. The van der Waals surface area contributed by atoms with E-state index in [-0.39, 0.29) is 16.8 Å². The molecule has 0 saturated heterocycles. The van der Waals surface area contributed by atoms with Gasteiger partial charge < -0.3 is 9.84 Å². The molecule has 1 atom stereocenters. The van der Waals surface area contributed by atoms with Gasteiger partial charge in [0.1, 0.15) is 17.4 Å². The van der Waals surface area contributed by atoms with Crippen molar-refractivity contribution in [1.29, 1.82) is 0 Å². The largest absolute Gasteiger partial charge is 0.496 e. The molecular weight excluding hydrogens is 417 g/mol. The van der Waals surface area contributed by atoms with Gasteiger partial charge in [0.25, 0.3) is 0 Å². The molecule has 31 heavy (non-hydrogen) atoms. The van der Waals surface area contributed by atoms with Crippen molar-refractivity contribution in [2.75, 3.05) is 7.11 Å². The number of pyridine rings is 1. The quantitative estimate of drug-likeness (QED) is 0.500. The molecule has 0 amide bonds. The number of fused-ring (bicyclic) bond motifs is 1. The molecule has 0 spiro atoms. The number of hydrogen-bond donors (Lipinski definition) is 1. The van der Waals surface area contributed by atoms with Crippen molar-refractivity contribution in [3.8, 4) is 5.75 Å². The molecule has 3 nitrogen and oxygen atoms in total. The van der Waals surface area contributed by atoms with Crippen molar-refractivity contribution in [1.82, 2.24) is 4.98 Å². The number of ether oxygens (including phenoxy) is 1. The predicted molar refractivity (Wildman–Crippen MR) is 107 cm³/mol. The molecular formula is C23H22F5NO2. The van der Waals surface area contributed by atoms with Crippen LogP contribution in [0.15, 0.2) is 42.6 Å². The zero-order valence-corrected chi connectivity index (χ0v) is 17.4. The van der Waals surface area contributed by atoms with E-state index in [1.54, 1.807) is 13.0 Å². The van der Waals surface area contributed by atoms with Gasteiger partial charge in [0.2, 0.25) is 0 Å². The fourth-order valence-electron chi connectivity index (χ4n) is 4.00. The number of rotatable bonds is 5. The third kappa shape index (κ3) is 3.96. The molecule has 0 aliphatic heterocycles. The molecule has 2 aromatic carbocycles. The topological polar surface area (TPSA) is 42.4 Å². The van der Waals surface area contributed by atoms with Gasteiger partial charge in [-0.15, -0.1) is 0 Å². The molecule has 0 bridgehead atoms. The molecule has 0 radical (unpaired) electrons. The highest BCUT2D eigenvalue weighted by Crippen LogP contribution is 2.50. The molecule has 0 aliphatic carbocycles. The summed E-state index contributed by atoms with van der Waals surface area (Å²) >= 11 is 0. The Morgan fingerprint density at radius 2 is 1.71 bits per heavy atom. The zero-order chi connectivity index (χ0) is 23.2. The lowest BCUT2D eigenvalue weighted by molar-refractivity contribution is -0.274. The van der Waals surface area contributed by atoms with Gasteiger partial charge in [-0.2, -0.15) is 13.2 Å². The smallest absolute Gasteiger partial charge is 0.421 e. The van der Waals surface area contributed by atoms with E-state index >= 15 is 0 Å². The summed E-state index contributed by atoms with van der Waals surface area (Å²) in [6.45, 7) is 4.46. The zero-order valence-electron chi connectivity index (χ0n) is 17.4. The summed E-state index contributed by atoms with van der Waals surface area (Å²) in [4.78, 5) is 3.95. The van der Waals surface area contributed by atoms with Gasteiger partial charge in [-0.05, 0) is 60.7 Å². The number of aromatic nitrogens is 1. The minimum atomic E-state index is -5.24. The molecule has 0 aliphatic rings. The van der Waals surface area contributed by atoms with Crippen molar-refractivity contribution in [2.24, 2.45) is 0 Å². The van der Waals surface area contributed by atoms with Gasteiger partial charge in [-0.25, -0.2) is 8.78 Å². The van der Waals surface area contributed by atoms with Gasteiger partial charge in [-0.1, -0.05) is 13.8 Å². The second-order valence-corrected chi connectivity index (χ2v) is 8.21. The molecule has 1 N–H and O–H groups in total. The second kappa shape index (κ2) is 7.75. The Hall–Kier alpha value is -2.74. The number of methoxy groups -OCH3 is 1. The van der Waals surface area contributed by atoms with Gasteiger partial charge in [0.15, 0.2) is 5.60 Å². The van der Waals surface area contributed by atoms with Gasteiger partial charge in [-0.3, -0.25) is 4.98 Å². The first-order valence-electron chi connectivity index (χ1n) is 9.49. The van der Waals surface area contributed by atoms with Crippen LogP contribution in [0.4, 0.5) is 22.0 Å². The first-order valence-corrected chi connectivity index (χ1v) is 9.49. The Morgan fingerprint density at radius 1 is 1.03 bits per heavy atom. The fraction of sp³-hybridized carbons (Fsp3) is 0.348. The number of aliphatic hydroxyl groups is 1. The molecule has 3 rings (SSSR count). The Labute approximate surface area is 176 Å². The van der Waals surface area contributed by atoms with E-state index in [1.165, 1.54) is 39.3 Å². The minimum absolute atomic E-state index is 0.113. The van der Waals surface area contributed by atoms with Crippen molar-refractivity contribution in [3.63, 3.8) is 0 Å². The van der Waals surface area contributed by atoms with Crippen molar-refractivity contribution >= 4 is 10.9 Å². The van der Waals surface area contributed by atoms with Crippen molar-refractivity contribution in [3.05, 3.63) is 70.9 Å². The maximum Gasteiger partial charge on any atom is 0.421 e. The summed E-state index contributed by atoms with van der Waals surface area (Å²) in [6, 6.07) is 7.26. The van der Waals surface area contributed by atoms with E-state index in [1.807, 2.05) is 0 Å². The van der Waals surface area contributed by atoms with Gasteiger partial charge in [0, 0.05) is 17.1 Å². The van der Waals surface area contributed by atoms with Crippen LogP contribution in [0.5, 0.6) is 5.75 Å². The lowest BCUT2D eigenvalue weighted by Gasteiger charge is -2.39. The molecule has 8 heteroatoms. The van der Waals surface area contributed by atoms with Crippen LogP contribution in [0, 0.1) is 18.6 Å². The number of halogens is 5. The number of nitrogens with zero attached hydrogens (tertiary/aromatic N) is 1. The highest BCUT2D eigenvalue weighted by atomic mass is 19.4. The van der Waals surface area contributed by atoms with Crippen LogP contribution in [-0.2, 0) is 11.0 Å². The highest BCUT2D eigenvalue weighted by Gasteiger charge is 2.59. The monoisotopic (exact) mass is 439 g/mol. The highest BCUT2D eigenvalue weighted by molar-refractivity contribution is 5.85. The maximum absolute atomic E-state index is 14.9. The third-order valence-corrected chi connectivity index (χ3v) is 5.55. The fourth-order valence-corrected chi connectivity index (χ4v) is 4.00. The standard InChI is InChI=1S/C23H22F5NO2/c1-13-9-10-29-20-15(13)6-7-17(25)19(20)22(30,23(26,27)28)12-21(2,3)16-11-14(24)5-8-18(16)31-4/h5-11,30H,12H2,1-4H3. The summed E-state index contributed by atoms with van der Waals surface area (Å²) < 4.78 is 77.0. The maximum atomic E-state index is 14.9. The van der Waals surface area contributed by atoms with E-state index in [9.17, 15) is 27.1 Å². The van der Waals surface area contributed by atoms with Crippen LogP contribution in [0.1, 0.15) is 37.0 Å². The molecule has 3 aromatic rings. The molecule has 0 saturated carbocycles. The number of benzene rings is 2. The second-order valence-electron chi connectivity index (χ2n) is 8.21. The van der Waals surface area contributed by atoms with Crippen LogP contribution in [-0.4, -0.2) is 23.4 Å². The van der Waals surface area contributed by atoms with E-state index < -0.39 is 40.8 Å². The van der Waals surface area contributed by atoms with Crippen LogP contribution in [0.2, 0.25) is 0 Å². The van der Waals surface area contributed by atoms with Crippen LogP contribution in [0.25, 0.3) is 10.9 Å². The Kier molecular flexibility index (Phi) is 5.73. The Balaban J connectivity index is 2.28. The lowest BCUT2D eigenvalue weighted by Crippen LogP contribution is -2.47. The molecule has 0 fully saturated rings. The van der Waals surface area contributed by atoms with Crippen LogP contribution in [0.3, 0.4) is 0 Å². The first kappa shape index (κ1) is 22.9. The average Bonchev–Trinajstić information content (AvgIpc) is 2.66. The molecule has 166 valence electrons. The number of alkyl halides is 3. The van der Waals surface area contributed by atoms with Crippen molar-refractivity contribution in [2.45, 2.75) is 44.4 Å². The molecule has 1 heterocycles. The number of hydrogen-bond acceptors (Lipinski definition) is 3. The average molecular weight is 439 g/mol. The first-order chi connectivity index (χ1) is 14.3. The molecule has 1 unspecified atom stereocenters. The normalized spacial score (nSPS) is 14.5. The van der Waals surface area contributed by atoms with Gasteiger partial charge >= 0.3 is 6.18 Å². The van der Waals surface area contributed by atoms with Crippen LogP contribution >= 0.6 is 0 Å². The van der Waals surface area contributed by atoms with Gasteiger partial charge in [0.05, 0.1) is 18.2 Å². The van der Waals surface area contributed by atoms with E-state index in [4.69, 9.17) is 4.74 Å². The predicted octanol–water partition coefficient (Wildman–Crippen LogP) is 5.95.